The van der Waals surface area contributed by atoms with Crippen LogP contribution in [-0.4, -0.2) is 35.0 Å². The van der Waals surface area contributed by atoms with Gasteiger partial charge in [-0.1, -0.05) is 6.07 Å². The predicted molar refractivity (Wildman–Crippen MR) is 121 cm³/mol. The monoisotopic (exact) mass is 431 g/mol. The number of rotatable bonds is 4. The van der Waals surface area contributed by atoms with Crippen molar-refractivity contribution in [3.63, 3.8) is 0 Å². The van der Waals surface area contributed by atoms with Crippen molar-refractivity contribution in [1.29, 1.82) is 0 Å². The Bertz CT molecular complexity index is 1390. The summed E-state index contributed by atoms with van der Waals surface area (Å²) in [4.78, 5) is 29.4. The minimum Gasteiger partial charge on any atom is -0.367 e. The fraction of sp³-hybridized carbons (Fsp3) is 0.348. The minimum atomic E-state index is -0.108. The van der Waals surface area contributed by atoms with E-state index < -0.39 is 0 Å². The minimum absolute atomic E-state index is 0.0349. The summed E-state index contributed by atoms with van der Waals surface area (Å²) >= 11 is 0. The predicted octanol–water partition coefficient (Wildman–Crippen LogP) is 2.65. The highest BCUT2D eigenvalue weighted by Crippen LogP contribution is 2.28. The van der Waals surface area contributed by atoms with E-state index in [-0.39, 0.29) is 23.2 Å². The van der Waals surface area contributed by atoms with Crippen molar-refractivity contribution in [1.82, 2.24) is 28.9 Å². The highest BCUT2D eigenvalue weighted by Gasteiger charge is 2.24. The van der Waals surface area contributed by atoms with Gasteiger partial charge in [0.05, 0.1) is 11.7 Å². The Hall–Kier alpha value is -3.75. The SMILES string of the molecule is Cc1cc(C)n(-c2ccc(=O)n(C3CCC(Nc4cc(=O)n5ccccc5n4)CC3)n2)n1. The Morgan fingerprint density at radius 3 is 2.50 bits per heavy atom. The summed E-state index contributed by atoms with van der Waals surface area (Å²) in [5, 5.41) is 12.5. The van der Waals surface area contributed by atoms with E-state index in [2.05, 4.69) is 20.5 Å². The molecule has 0 aliphatic heterocycles. The van der Waals surface area contributed by atoms with Crippen molar-refractivity contribution in [2.45, 2.75) is 51.6 Å². The normalized spacial score (nSPS) is 18.7. The number of aryl methyl sites for hydroxylation is 2. The molecule has 164 valence electrons. The molecule has 0 saturated heterocycles. The quantitative estimate of drug-likeness (QED) is 0.533. The number of aromatic nitrogens is 6. The summed E-state index contributed by atoms with van der Waals surface area (Å²) in [6, 6.07) is 12.5. The molecule has 32 heavy (non-hydrogen) atoms. The first-order valence-corrected chi connectivity index (χ1v) is 10.9. The lowest BCUT2D eigenvalue weighted by Gasteiger charge is -2.30. The summed E-state index contributed by atoms with van der Waals surface area (Å²) in [7, 11) is 0. The van der Waals surface area contributed by atoms with Gasteiger partial charge in [0.15, 0.2) is 5.82 Å². The number of pyridine rings is 1. The average Bonchev–Trinajstić information content (AvgIpc) is 3.13. The van der Waals surface area contributed by atoms with Crippen molar-refractivity contribution in [3.05, 3.63) is 80.8 Å². The van der Waals surface area contributed by atoms with Crippen LogP contribution in [0.1, 0.15) is 43.1 Å². The van der Waals surface area contributed by atoms with Gasteiger partial charge in [0, 0.05) is 30.1 Å². The maximum Gasteiger partial charge on any atom is 0.267 e. The smallest absolute Gasteiger partial charge is 0.267 e. The summed E-state index contributed by atoms with van der Waals surface area (Å²) < 4.78 is 4.89. The van der Waals surface area contributed by atoms with Gasteiger partial charge < -0.3 is 5.32 Å². The molecule has 0 bridgehead atoms. The molecule has 1 fully saturated rings. The van der Waals surface area contributed by atoms with Crippen molar-refractivity contribution < 1.29 is 0 Å². The zero-order valence-electron chi connectivity index (χ0n) is 18.1. The molecule has 0 atom stereocenters. The molecule has 4 aromatic rings. The van der Waals surface area contributed by atoms with Crippen LogP contribution in [0.25, 0.3) is 11.5 Å². The van der Waals surface area contributed by atoms with Crippen LogP contribution in [0.4, 0.5) is 5.82 Å². The van der Waals surface area contributed by atoms with E-state index in [1.165, 1.54) is 10.5 Å². The lowest BCUT2D eigenvalue weighted by molar-refractivity contribution is 0.302. The van der Waals surface area contributed by atoms with Gasteiger partial charge in [-0.3, -0.25) is 14.0 Å². The van der Waals surface area contributed by atoms with Crippen molar-refractivity contribution in [2.24, 2.45) is 0 Å². The van der Waals surface area contributed by atoms with Crippen LogP contribution in [0.2, 0.25) is 0 Å². The molecule has 4 aromatic heterocycles. The number of nitrogens with one attached hydrogen (secondary N) is 1. The number of hydrogen-bond acceptors (Lipinski definition) is 6. The fourth-order valence-electron chi connectivity index (χ4n) is 4.45. The molecular formula is C23H25N7O2. The van der Waals surface area contributed by atoms with Crippen LogP contribution in [0, 0.1) is 13.8 Å². The molecule has 1 aliphatic rings. The van der Waals surface area contributed by atoms with Crippen molar-refractivity contribution in [2.75, 3.05) is 5.32 Å². The van der Waals surface area contributed by atoms with Crippen LogP contribution in [0.15, 0.2) is 58.3 Å². The van der Waals surface area contributed by atoms with Gasteiger partial charge in [-0.15, -0.1) is 5.10 Å². The standard InChI is InChI=1S/C23H25N7O2/c1-15-13-16(2)29(26-15)21-10-11-22(31)30(27-21)18-8-6-17(7-9-18)24-19-14-23(32)28-12-4-3-5-20(28)25-19/h3-5,10-14,17-18,24H,6-9H2,1-2H3. The van der Waals surface area contributed by atoms with E-state index >= 15 is 0 Å². The lowest BCUT2D eigenvalue weighted by Crippen LogP contribution is -2.34. The molecule has 0 spiro atoms. The van der Waals surface area contributed by atoms with Crippen molar-refractivity contribution in [3.8, 4) is 5.82 Å². The third kappa shape index (κ3) is 3.81. The second-order valence-corrected chi connectivity index (χ2v) is 8.37. The largest absolute Gasteiger partial charge is 0.367 e. The van der Waals surface area contributed by atoms with E-state index in [1.54, 1.807) is 27.7 Å². The molecule has 0 aromatic carbocycles. The highest BCUT2D eigenvalue weighted by molar-refractivity contribution is 5.46. The third-order valence-corrected chi connectivity index (χ3v) is 6.00. The average molecular weight is 432 g/mol. The Morgan fingerprint density at radius 2 is 1.75 bits per heavy atom. The molecule has 1 aliphatic carbocycles. The molecule has 9 nitrogen and oxygen atoms in total. The van der Waals surface area contributed by atoms with Gasteiger partial charge in [-0.2, -0.15) is 5.10 Å². The topological polar surface area (TPSA) is 99.1 Å². The van der Waals surface area contributed by atoms with E-state index in [0.29, 0.717) is 17.3 Å². The highest BCUT2D eigenvalue weighted by atomic mass is 16.1. The van der Waals surface area contributed by atoms with E-state index in [1.807, 2.05) is 38.1 Å². The van der Waals surface area contributed by atoms with Gasteiger partial charge in [-0.25, -0.2) is 14.3 Å². The lowest BCUT2D eigenvalue weighted by atomic mass is 9.91. The zero-order chi connectivity index (χ0) is 22.2. The van der Waals surface area contributed by atoms with Gasteiger partial charge in [-0.05, 0) is 63.8 Å². The van der Waals surface area contributed by atoms with Gasteiger partial charge >= 0.3 is 0 Å². The fourth-order valence-corrected chi connectivity index (χ4v) is 4.45. The number of hydrogen-bond donors (Lipinski definition) is 1. The van der Waals surface area contributed by atoms with Gasteiger partial charge in [0.2, 0.25) is 0 Å². The Morgan fingerprint density at radius 1 is 0.938 bits per heavy atom. The molecule has 5 rings (SSSR count). The molecule has 1 saturated carbocycles. The van der Waals surface area contributed by atoms with Gasteiger partial charge in [0.1, 0.15) is 11.5 Å². The molecule has 0 unspecified atom stereocenters. The van der Waals surface area contributed by atoms with Gasteiger partial charge in [0.25, 0.3) is 11.1 Å². The first-order valence-electron chi connectivity index (χ1n) is 10.9. The maximum atomic E-state index is 12.5. The first-order chi connectivity index (χ1) is 15.5. The number of nitrogens with zero attached hydrogens (tertiary/aromatic N) is 6. The van der Waals surface area contributed by atoms with Crippen LogP contribution < -0.4 is 16.4 Å². The van der Waals surface area contributed by atoms with E-state index in [9.17, 15) is 9.59 Å². The van der Waals surface area contributed by atoms with E-state index in [4.69, 9.17) is 0 Å². The zero-order valence-corrected chi connectivity index (χ0v) is 18.1. The van der Waals surface area contributed by atoms with Crippen LogP contribution in [0.3, 0.4) is 0 Å². The Balaban J connectivity index is 1.31. The molecule has 0 amide bonds. The molecule has 1 N–H and O–H groups in total. The Kier molecular flexibility index (Phi) is 5.08. The number of fused-ring (bicyclic) bond motifs is 1. The van der Waals surface area contributed by atoms with Crippen LogP contribution >= 0.6 is 0 Å². The summed E-state index contributed by atoms with van der Waals surface area (Å²) in [5.41, 5.74) is 2.30. The van der Waals surface area contributed by atoms with Crippen molar-refractivity contribution >= 4 is 11.5 Å². The third-order valence-electron chi connectivity index (χ3n) is 6.00. The second kappa shape index (κ2) is 8.07. The molecule has 4 heterocycles. The van der Waals surface area contributed by atoms with E-state index in [0.717, 1.165) is 37.1 Å². The Labute approximate surface area is 184 Å². The number of anilines is 1. The van der Waals surface area contributed by atoms with Crippen LogP contribution in [-0.2, 0) is 0 Å². The summed E-state index contributed by atoms with van der Waals surface area (Å²) in [6.07, 6.45) is 5.07. The molecular weight excluding hydrogens is 406 g/mol. The maximum absolute atomic E-state index is 12.5. The second-order valence-electron chi connectivity index (χ2n) is 8.37. The molecule has 9 heteroatoms. The summed E-state index contributed by atoms with van der Waals surface area (Å²) in [5.74, 6) is 1.24. The first kappa shape index (κ1) is 20.2. The molecule has 0 radical (unpaired) electrons. The summed E-state index contributed by atoms with van der Waals surface area (Å²) in [6.45, 7) is 3.91. The van der Waals surface area contributed by atoms with Crippen LogP contribution in [0.5, 0.6) is 0 Å².